The minimum atomic E-state index is -0.770. The summed E-state index contributed by atoms with van der Waals surface area (Å²) in [6.45, 7) is 0.948. The second-order valence-electron chi connectivity index (χ2n) is 7.13. The van der Waals surface area contributed by atoms with Gasteiger partial charge in [0.2, 0.25) is 6.79 Å². The van der Waals surface area contributed by atoms with Crippen LogP contribution in [0.25, 0.3) is 0 Å². The molecule has 146 valence electrons. The molecule has 3 aromatic rings. The Bertz CT molecular complexity index is 1160. The van der Waals surface area contributed by atoms with Crippen molar-refractivity contribution < 1.29 is 19.0 Å². The van der Waals surface area contributed by atoms with Crippen molar-refractivity contribution in [3.63, 3.8) is 0 Å². The first-order valence-corrected chi connectivity index (χ1v) is 10.3. The van der Waals surface area contributed by atoms with E-state index in [-0.39, 0.29) is 12.8 Å². The molecule has 0 fully saturated rings. The molecule has 0 saturated carbocycles. The molecule has 2 amide bonds. The van der Waals surface area contributed by atoms with Crippen molar-refractivity contribution in [3.8, 4) is 17.2 Å². The molecule has 1 atom stereocenters. The van der Waals surface area contributed by atoms with Crippen LogP contribution in [0.1, 0.15) is 16.0 Å². The summed E-state index contributed by atoms with van der Waals surface area (Å²) in [5, 5.41) is 3.21. The topological polar surface area (TPSA) is 60.0 Å². The van der Waals surface area contributed by atoms with E-state index in [2.05, 4.69) is 5.32 Å². The maximum atomic E-state index is 13.2. The van der Waals surface area contributed by atoms with Crippen molar-refractivity contribution in [3.05, 3.63) is 68.9 Å². The predicted octanol–water partition coefficient (Wildman–Crippen LogP) is 4.50. The minimum Gasteiger partial charge on any atom is -0.490 e. The Balaban J connectivity index is 1.48. The standard InChI is InChI=1S/C21H15ClN2O4S/c22-19-6-5-12(29-19)9-24-15-4-2-1-3-13(15)21(23-20(24)25)10-26-16-8-18-17(7-14(16)21)27-11-28-18/h1-8H,9-11H2,(H,23,25). The molecule has 3 aliphatic rings. The highest BCUT2D eigenvalue weighted by atomic mass is 35.5. The van der Waals surface area contributed by atoms with Crippen LogP contribution in [0.4, 0.5) is 10.5 Å². The summed E-state index contributed by atoms with van der Waals surface area (Å²) < 4.78 is 17.7. The zero-order valence-corrected chi connectivity index (χ0v) is 16.7. The van der Waals surface area contributed by atoms with Crippen LogP contribution < -0.4 is 24.4 Å². The van der Waals surface area contributed by atoms with Gasteiger partial charge in [0.25, 0.3) is 0 Å². The number of urea groups is 1. The van der Waals surface area contributed by atoms with Crippen molar-refractivity contribution in [2.75, 3.05) is 18.3 Å². The van der Waals surface area contributed by atoms with Crippen molar-refractivity contribution in [2.45, 2.75) is 12.1 Å². The highest BCUT2D eigenvalue weighted by Gasteiger charge is 2.50. The van der Waals surface area contributed by atoms with E-state index in [0.717, 1.165) is 21.7 Å². The highest BCUT2D eigenvalue weighted by molar-refractivity contribution is 7.16. The average Bonchev–Trinajstić information content (AvgIpc) is 3.43. The van der Waals surface area contributed by atoms with Gasteiger partial charge in [0.1, 0.15) is 17.9 Å². The third-order valence-electron chi connectivity index (χ3n) is 5.54. The molecule has 1 aromatic heterocycles. The number of hydrogen-bond donors (Lipinski definition) is 1. The molecule has 4 heterocycles. The molecular weight excluding hydrogens is 412 g/mol. The van der Waals surface area contributed by atoms with Crippen LogP contribution in [0, 0.1) is 0 Å². The largest absolute Gasteiger partial charge is 0.490 e. The van der Waals surface area contributed by atoms with Gasteiger partial charge in [-0.05, 0) is 24.3 Å². The number of thiophene rings is 1. The zero-order valence-electron chi connectivity index (χ0n) is 15.1. The number of halogens is 1. The smallest absolute Gasteiger partial charge is 0.323 e. The second-order valence-corrected chi connectivity index (χ2v) is 8.93. The van der Waals surface area contributed by atoms with Crippen LogP contribution in [-0.2, 0) is 12.1 Å². The Labute approximate surface area is 175 Å². The van der Waals surface area contributed by atoms with Crippen LogP contribution in [0.2, 0.25) is 4.34 Å². The van der Waals surface area contributed by atoms with Crippen molar-refractivity contribution in [2.24, 2.45) is 0 Å². The number of fused-ring (bicyclic) bond motifs is 5. The van der Waals surface area contributed by atoms with E-state index in [4.69, 9.17) is 25.8 Å². The molecule has 3 aliphatic heterocycles. The number of carbonyl (C=O) groups excluding carboxylic acids is 1. The normalized spacial score (nSPS) is 21.0. The van der Waals surface area contributed by atoms with Crippen LogP contribution >= 0.6 is 22.9 Å². The number of para-hydroxylation sites is 1. The van der Waals surface area contributed by atoms with Gasteiger partial charge in [-0.2, -0.15) is 0 Å². The number of carbonyl (C=O) groups is 1. The molecule has 1 N–H and O–H groups in total. The number of benzene rings is 2. The van der Waals surface area contributed by atoms with E-state index in [0.29, 0.717) is 34.7 Å². The number of hydrogen-bond acceptors (Lipinski definition) is 5. The molecule has 1 unspecified atom stereocenters. The van der Waals surface area contributed by atoms with E-state index < -0.39 is 5.54 Å². The Morgan fingerprint density at radius 3 is 2.69 bits per heavy atom. The fourth-order valence-corrected chi connectivity index (χ4v) is 5.29. The molecule has 6 nitrogen and oxygen atoms in total. The Kier molecular flexibility index (Phi) is 3.54. The van der Waals surface area contributed by atoms with E-state index in [9.17, 15) is 4.79 Å². The van der Waals surface area contributed by atoms with Crippen LogP contribution in [0.5, 0.6) is 17.2 Å². The Morgan fingerprint density at radius 2 is 1.86 bits per heavy atom. The van der Waals surface area contributed by atoms with Gasteiger partial charge in [0.15, 0.2) is 11.5 Å². The lowest BCUT2D eigenvalue weighted by atomic mass is 9.81. The summed E-state index contributed by atoms with van der Waals surface area (Å²) >= 11 is 7.55. The molecule has 6 rings (SSSR count). The molecule has 0 saturated heterocycles. The predicted molar refractivity (Wildman–Crippen MR) is 109 cm³/mol. The number of nitrogens with zero attached hydrogens (tertiary/aromatic N) is 1. The minimum absolute atomic E-state index is 0.178. The van der Waals surface area contributed by atoms with Crippen molar-refractivity contribution in [1.29, 1.82) is 0 Å². The fraction of sp³-hybridized carbons (Fsp3) is 0.190. The third kappa shape index (κ3) is 2.44. The summed E-state index contributed by atoms with van der Waals surface area (Å²) in [5.74, 6) is 2.02. The Hall–Kier alpha value is -2.90. The van der Waals surface area contributed by atoms with Gasteiger partial charge < -0.3 is 19.5 Å². The molecular formula is C21H15ClN2O4S. The number of anilines is 1. The van der Waals surface area contributed by atoms with Gasteiger partial charge in [-0.3, -0.25) is 4.90 Å². The molecule has 29 heavy (non-hydrogen) atoms. The third-order valence-corrected chi connectivity index (χ3v) is 6.76. The summed E-state index contributed by atoms with van der Waals surface area (Å²) in [6, 6.07) is 15.3. The van der Waals surface area contributed by atoms with Gasteiger partial charge in [-0.25, -0.2) is 4.79 Å². The van der Waals surface area contributed by atoms with Gasteiger partial charge in [0.05, 0.1) is 16.6 Å². The average molecular weight is 427 g/mol. The Morgan fingerprint density at radius 1 is 1.03 bits per heavy atom. The van der Waals surface area contributed by atoms with Gasteiger partial charge in [0, 0.05) is 22.1 Å². The summed E-state index contributed by atoms with van der Waals surface area (Å²) in [6.07, 6.45) is 0. The van der Waals surface area contributed by atoms with Crippen molar-refractivity contribution >= 4 is 34.7 Å². The molecule has 2 aromatic carbocycles. The first-order chi connectivity index (χ1) is 14.1. The molecule has 0 bridgehead atoms. The molecule has 0 aliphatic carbocycles. The zero-order chi connectivity index (χ0) is 19.6. The lowest BCUT2D eigenvalue weighted by Crippen LogP contribution is -2.57. The van der Waals surface area contributed by atoms with Gasteiger partial charge in [-0.15, -0.1) is 11.3 Å². The second kappa shape index (κ2) is 6.05. The maximum Gasteiger partial charge on any atom is 0.323 e. The van der Waals surface area contributed by atoms with E-state index in [1.165, 1.54) is 11.3 Å². The van der Waals surface area contributed by atoms with Crippen LogP contribution in [-0.4, -0.2) is 19.4 Å². The lowest BCUT2D eigenvalue weighted by Gasteiger charge is -2.41. The molecule has 1 spiro atoms. The lowest BCUT2D eigenvalue weighted by molar-refractivity contribution is 0.173. The SMILES string of the molecule is O=C1NC2(COc3cc4c(cc32)OCO4)c2ccccc2N1Cc1ccc(Cl)s1. The summed E-state index contributed by atoms with van der Waals surface area (Å²) in [7, 11) is 0. The molecule has 0 radical (unpaired) electrons. The summed E-state index contributed by atoms with van der Waals surface area (Å²) in [5.41, 5.74) is 1.95. The molecule has 8 heteroatoms. The van der Waals surface area contributed by atoms with E-state index in [1.807, 2.05) is 48.5 Å². The fourth-order valence-electron chi connectivity index (χ4n) is 4.21. The first-order valence-electron chi connectivity index (χ1n) is 9.14. The van der Waals surface area contributed by atoms with E-state index in [1.54, 1.807) is 4.90 Å². The van der Waals surface area contributed by atoms with Crippen LogP contribution in [0.15, 0.2) is 48.5 Å². The van der Waals surface area contributed by atoms with Crippen LogP contribution in [0.3, 0.4) is 0 Å². The monoisotopic (exact) mass is 426 g/mol. The first kappa shape index (κ1) is 17.0. The number of ether oxygens (including phenoxy) is 3. The van der Waals surface area contributed by atoms with E-state index >= 15 is 0 Å². The maximum absolute atomic E-state index is 13.2. The highest BCUT2D eigenvalue weighted by Crippen LogP contribution is 2.51. The number of rotatable bonds is 2. The number of amides is 2. The van der Waals surface area contributed by atoms with Crippen molar-refractivity contribution in [1.82, 2.24) is 5.32 Å². The summed E-state index contributed by atoms with van der Waals surface area (Å²) in [4.78, 5) is 16.0. The van der Waals surface area contributed by atoms with Gasteiger partial charge in [-0.1, -0.05) is 29.8 Å². The quantitative estimate of drug-likeness (QED) is 0.655. The number of nitrogens with one attached hydrogen (secondary N) is 1. The van der Waals surface area contributed by atoms with Gasteiger partial charge >= 0.3 is 6.03 Å².